The van der Waals surface area contributed by atoms with Crippen molar-refractivity contribution in [2.24, 2.45) is 0 Å². The van der Waals surface area contributed by atoms with E-state index in [2.05, 4.69) is 10.1 Å². The van der Waals surface area contributed by atoms with Gasteiger partial charge in [-0.15, -0.1) is 0 Å². The van der Waals surface area contributed by atoms with Gasteiger partial charge >= 0.3 is 5.97 Å². The molecule has 0 unspecified atom stereocenters. The number of carbonyl (C=O) groups is 3. The Balaban J connectivity index is 1.77. The third kappa shape index (κ3) is 3.47. The summed E-state index contributed by atoms with van der Waals surface area (Å²) in [4.78, 5) is 40.5. The second-order valence-corrected chi connectivity index (χ2v) is 8.00. The molecule has 0 saturated heterocycles. The van der Waals surface area contributed by atoms with Crippen molar-refractivity contribution in [2.45, 2.75) is 43.7 Å². The third-order valence-electron chi connectivity index (χ3n) is 6.37. The molecular weight excluding hydrogens is 380 g/mol. The largest absolute Gasteiger partial charge is 0.468 e. The average molecular weight is 406 g/mol. The highest BCUT2D eigenvalue weighted by Gasteiger charge is 2.55. The molecule has 0 bridgehead atoms. The van der Waals surface area contributed by atoms with E-state index in [1.165, 1.54) is 7.11 Å². The van der Waals surface area contributed by atoms with E-state index < -0.39 is 17.4 Å². The number of amides is 2. The van der Waals surface area contributed by atoms with Crippen LogP contribution in [0.5, 0.6) is 0 Å². The minimum atomic E-state index is -0.596. The van der Waals surface area contributed by atoms with Crippen LogP contribution in [0.4, 0.5) is 0 Å². The molecule has 1 aliphatic heterocycles. The Hall–Kier alpha value is -3.15. The fraction of sp³-hybridized carbons (Fsp3) is 0.375. The zero-order chi connectivity index (χ0) is 21.1. The summed E-state index contributed by atoms with van der Waals surface area (Å²) in [6.07, 6.45) is 3.44. The first-order chi connectivity index (χ1) is 14.6. The van der Waals surface area contributed by atoms with Crippen molar-refractivity contribution in [1.82, 2.24) is 10.2 Å². The van der Waals surface area contributed by atoms with Gasteiger partial charge in [0, 0.05) is 12.1 Å². The second kappa shape index (κ2) is 8.30. The van der Waals surface area contributed by atoms with Crippen LogP contribution in [0.2, 0.25) is 0 Å². The Morgan fingerprint density at radius 2 is 1.73 bits per heavy atom. The molecule has 1 spiro atoms. The van der Waals surface area contributed by atoms with Crippen LogP contribution in [0.1, 0.15) is 53.1 Å². The highest BCUT2D eigenvalue weighted by molar-refractivity contribution is 6.02. The molecule has 1 N–H and O–H groups in total. The monoisotopic (exact) mass is 406 g/mol. The molecule has 2 amide bonds. The molecule has 2 aliphatic rings. The van der Waals surface area contributed by atoms with Gasteiger partial charge in [-0.3, -0.25) is 14.4 Å². The minimum Gasteiger partial charge on any atom is -0.468 e. The summed E-state index contributed by atoms with van der Waals surface area (Å²) < 4.78 is 4.67. The van der Waals surface area contributed by atoms with Crippen LogP contribution in [0, 0.1) is 0 Å². The third-order valence-corrected chi connectivity index (χ3v) is 6.37. The number of carbonyl (C=O) groups excluding carboxylic acids is 3. The van der Waals surface area contributed by atoms with Crippen molar-refractivity contribution < 1.29 is 19.1 Å². The van der Waals surface area contributed by atoms with Gasteiger partial charge in [0.25, 0.3) is 5.91 Å². The van der Waals surface area contributed by atoms with Gasteiger partial charge in [0.2, 0.25) is 5.91 Å². The zero-order valence-corrected chi connectivity index (χ0v) is 17.1. The topological polar surface area (TPSA) is 75.7 Å². The molecule has 0 radical (unpaired) electrons. The van der Waals surface area contributed by atoms with E-state index in [1.807, 2.05) is 53.4 Å². The number of hydrogen-bond donors (Lipinski definition) is 1. The van der Waals surface area contributed by atoms with Crippen molar-refractivity contribution in [3.05, 3.63) is 71.3 Å². The Kier molecular flexibility index (Phi) is 5.57. The number of methoxy groups -OCH3 is 1. The predicted molar refractivity (Wildman–Crippen MR) is 112 cm³/mol. The summed E-state index contributed by atoms with van der Waals surface area (Å²) in [5.74, 6) is -1.29. The van der Waals surface area contributed by atoms with Gasteiger partial charge in [0.15, 0.2) is 0 Å². The minimum absolute atomic E-state index is 0.0339. The first kappa shape index (κ1) is 20.1. The Morgan fingerprint density at radius 1 is 1.07 bits per heavy atom. The lowest BCUT2D eigenvalue weighted by Gasteiger charge is -2.50. The van der Waals surface area contributed by atoms with Crippen LogP contribution in [0.25, 0.3) is 0 Å². The molecule has 6 nitrogen and oxygen atoms in total. The Morgan fingerprint density at radius 3 is 2.43 bits per heavy atom. The van der Waals surface area contributed by atoms with Gasteiger partial charge in [-0.1, -0.05) is 61.4 Å². The summed E-state index contributed by atoms with van der Waals surface area (Å²) in [6.45, 7) is 0.269. The summed E-state index contributed by atoms with van der Waals surface area (Å²) in [7, 11) is 1.29. The molecule has 1 heterocycles. The van der Waals surface area contributed by atoms with E-state index in [9.17, 15) is 14.4 Å². The van der Waals surface area contributed by atoms with E-state index in [1.54, 1.807) is 6.07 Å². The number of fused-ring (bicyclic) bond motifs is 1. The molecule has 1 saturated carbocycles. The number of benzene rings is 2. The number of hydrogen-bond acceptors (Lipinski definition) is 4. The SMILES string of the molecule is COC(=O)CNC(=O)[C@H]1c2ccccc2C(=O)N(Cc2ccccc2)C12CCCC2. The lowest BCUT2D eigenvalue weighted by atomic mass is 9.71. The number of rotatable bonds is 5. The molecule has 1 fully saturated rings. The average Bonchev–Trinajstić information content (AvgIpc) is 3.25. The summed E-state index contributed by atoms with van der Waals surface area (Å²) in [5.41, 5.74) is 1.74. The first-order valence-corrected chi connectivity index (χ1v) is 10.4. The number of nitrogens with one attached hydrogen (secondary N) is 1. The van der Waals surface area contributed by atoms with E-state index >= 15 is 0 Å². The van der Waals surface area contributed by atoms with Crippen molar-refractivity contribution in [2.75, 3.05) is 13.7 Å². The summed E-state index contributed by atoms with van der Waals surface area (Å²) in [5, 5.41) is 2.74. The van der Waals surface area contributed by atoms with Gasteiger partial charge in [-0.2, -0.15) is 0 Å². The van der Waals surface area contributed by atoms with E-state index in [-0.39, 0.29) is 18.4 Å². The fourth-order valence-corrected chi connectivity index (χ4v) is 5.00. The maximum atomic E-state index is 13.6. The van der Waals surface area contributed by atoms with Crippen molar-refractivity contribution in [3.8, 4) is 0 Å². The van der Waals surface area contributed by atoms with Crippen LogP contribution in [-0.4, -0.2) is 41.9 Å². The van der Waals surface area contributed by atoms with Gasteiger partial charge in [-0.25, -0.2) is 0 Å². The standard InChI is InChI=1S/C24H26N2O4/c1-30-20(27)15-25-22(28)21-18-11-5-6-12-19(18)23(29)26(24(21)13-7-8-14-24)16-17-9-3-2-4-10-17/h2-6,9-12,21H,7-8,13-16H2,1H3,(H,25,28)/t21-/m1/s1. The lowest BCUT2D eigenvalue weighted by Crippen LogP contribution is -2.60. The fourth-order valence-electron chi connectivity index (χ4n) is 5.00. The number of esters is 1. The van der Waals surface area contributed by atoms with Gasteiger partial charge in [-0.05, 0) is 30.0 Å². The molecule has 1 aliphatic carbocycles. The number of ether oxygens (including phenoxy) is 1. The highest BCUT2D eigenvalue weighted by Crippen LogP contribution is 2.50. The summed E-state index contributed by atoms with van der Waals surface area (Å²) >= 11 is 0. The smallest absolute Gasteiger partial charge is 0.325 e. The predicted octanol–water partition coefficient (Wildman–Crippen LogP) is 3.03. The van der Waals surface area contributed by atoms with Gasteiger partial charge in [0.1, 0.15) is 6.54 Å². The van der Waals surface area contributed by atoms with Crippen LogP contribution in [-0.2, 0) is 20.9 Å². The maximum absolute atomic E-state index is 13.6. The number of nitrogens with zero attached hydrogens (tertiary/aromatic N) is 1. The van der Waals surface area contributed by atoms with E-state index in [0.29, 0.717) is 12.1 Å². The molecule has 0 aromatic heterocycles. The molecule has 1 atom stereocenters. The van der Waals surface area contributed by atoms with Crippen LogP contribution in [0.15, 0.2) is 54.6 Å². The molecule has 4 rings (SSSR count). The van der Waals surface area contributed by atoms with Crippen LogP contribution < -0.4 is 5.32 Å². The van der Waals surface area contributed by atoms with Crippen LogP contribution >= 0.6 is 0 Å². The van der Waals surface area contributed by atoms with E-state index in [4.69, 9.17) is 0 Å². The lowest BCUT2D eigenvalue weighted by molar-refractivity contribution is -0.141. The molecule has 2 aromatic rings. The Labute approximate surface area is 176 Å². The van der Waals surface area contributed by atoms with Crippen molar-refractivity contribution >= 4 is 17.8 Å². The molecule has 6 heteroatoms. The molecular formula is C24H26N2O4. The van der Waals surface area contributed by atoms with Gasteiger partial charge in [0.05, 0.1) is 18.6 Å². The quantitative estimate of drug-likeness (QED) is 0.775. The van der Waals surface area contributed by atoms with Crippen molar-refractivity contribution in [1.29, 1.82) is 0 Å². The van der Waals surface area contributed by atoms with Crippen molar-refractivity contribution in [3.63, 3.8) is 0 Å². The van der Waals surface area contributed by atoms with Gasteiger partial charge < -0.3 is 15.0 Å². The highest BCUT2D eigenvalue weighted by atomic mass is 16.5. The normalized spacial score (nSPS) is 19.4. The molecule has 30 heavy (non-hydrogen) atoms. The molecule has 156 valence electrons. The summed E-state index contributed by atoms with van der Waals surface area (Å²) in [6, 6.07) is 17.2. The maximum Gasteiger partial charge on any atom is 0.325 e. The zero-order valence-electron chi connectivity index (χ0n) is 17.1. The molecule has 2 aromatic carbocycles. The first-order valence-electron chi connectivity index (χ1n) is 10.4. The van der Waals surface area contributed by atoms with E-state index in [0.717, 1.165) is 36.8 Å². The second-order valence-electron chi connectivity index (χ2n) is 8.00. The Bertz CT molecular complexity index is 951. The van der Waals surface area contributed by atoms with Crippen LogP contribution in [0.3, 0.4) is 0 Å².